The number of anilines is 3. The van der Waals surface area contributed by atoms with Crippen LogP contribution in [0.25, 0.3) is 0 Å². The minimum Gasteiger partial charge on any atom is -0.397 e. The summed E-state index contributed by atoms with van der Waals surface area (Å²) in [5, 5.41) is 3.63. The molecule has 0 aromatic carbocycles. The maximum absolute atomic E-state index is 6.10. The number of nitrogens with zero attached hydrogens (tertiary/aromatic N) is 5. The molecule has 2 fully saturated rings. The standard InChI is InChI=1S/C24H43N7/c25-22-20-23-24(27-21-22)31(17-9-26-8-16-29-13-6-7-14-29)19-18-30(23)15-3-1-2-10-28-11-4-5-12-28/h20-21,26H,1-19,25H2. The fourth-order valence-corrected chi connectivity index (χ4v) is 5.26. The average Bonchev–Trinajstić information content (AvgIpc) is 3.48. The maximum Gasteiger partial charge on any atom is 0.152 e. The van der Waals surface area contributed by atoms with E-state index in [1.807, 2.05) is 6.20 Å². The number of nitrogen functional groups attached to an aromatic ring is 1. The summed E-state index contributed by atoms with van der Waals surface area (Å²) in [6.07, 6.45) is 11.2. The second-order valence-corrected chi connectivity index (χ2v) is 9.49. The summed E-state index contributed by atoms with van der Waals surface area (Å²) in [4.78, 5) is 14.9. The van der Waals surface area contributed by atoms with Crippen molar-refractivity contribution >= 4 is 17.2 Å². The molecule has 0 radical (unpaired) electrons. The number of hydrogen-bond donors (Lipinski definition) is 2. The lowest BCUT2D eigenvalue weighted by molar-refractivity contribution is 0.328. The van der Waals surface area contributed by atoms with Gasteiger partial charge in [0.1, 0.15) is 0 Å². The van der Waals surface area contributed by atoms with Crippen LogP contribution < -0.4 is 20.9 Å². The lowest BCUT2D eigenvalue weighted by Crippen LogP contribution is -2.45. The van der Waals surface area contributed by atoms with Gasteiger partial charge in [0, 0.05) is 45.8 Å². The molecule has 4 rings (SSSR count). The molecule has 3 aliphatic rings. The Morgan fingerprint density at radius 3 is 2.16 bits per heavy atom. The Morgan fingerprint density at radius 2 is 1.39 bits per heavy atom. The molecule has 174 valence electrons. The molecular weight excluding hydrogens is 386 g/mol. The van der Waals surface area contributed by atoms with E-state index >= 15 is 0 Å². The molecule has 0 amide bonds. The largest absolute Gasteiger partial charge is 0.397 e. The predicted molar refractivity (Wildman–Crippen MR) is 131 cm³/mol. The first-order valence-corrected chi connectivity index (χ1v) is 12.7. The van der Waals surface area contributed by atoms with Gasteiger partial charge in [-0.25, -0.2) is 4.98 Å². The van der Waals surface area contributed by atoms with E-state index < -0.39 is 0 Å². The normalized spacial score (nSPS) is 20.0. The SMILES string of the molecule is Nc1cnc2c(c1)N(CCCCCN1CCCC1)CCN2CCNCCN1CCCC1. The van der Waals surface area contributed by atoms with Gasteiger partial charge in [-0.2, -0.15) is 0 Å². The summed E-state index contributed by atoms with van der Waals surface area (Å²) in [5.41, 5.74) is 8.10. The maximum atomic E-state index is 6.10. The topological polar surface area (TPSA) is 63.9 Å². The van der Waals surface area contributed by atoms with Crippen LogP contribution in [0.2, 0.25) is 0 Å². The van der Waals surface area contributed by atoms with Crippen molar-refractivity contribution in [2.24, 2.45) is 0 Å². The van der Waals surface area contributed by atoms with E-state index in [1.54, 1.807) is 0 Å². The number of unbranched alkanes of at least 4 members (excludes halogenated alkanes) is 2. The van der Waals surface area contributed by atoms with E-state index in [0.29, 0.717) is 0 Å². The van der Waals surface area contributed by atoms with Crippen LogP contribution in [-0.2, 0) is 0 Å². The van der Waals surface area contributed by atoms with Crippen LogP contribution >= 0.6 is 0 Å². The van der Waals surface area contributed by atoms with Crippen molar-refractivity contribution in [1.29, 1.82) is 0 Å². The number of aromatic nitrogens is 1. The van der Waals surface area contributed by atoms with E-state index in [9.17, 15) is 0 Å². The monoisotopic (exact) mass is 429 g/mol. The Labute approximate surface area is 188 Å². The number of likely N-dealkylation sites (tertiary alicyclic amines) is 2. The first kappa shape index (κ1) is 22.6. The number of nitrogens with two attached hydrogens (primary N) is 1. The van der Waals surface area contributed by atoms with E-state index in [1.165, 1.54) is 89.9 Å². The van der Waals surface area contributed by atoms with Gasteiger partial charge in [-0.05, 0) is 77.3 Å². The number of pyridine rings is 1. The molecule has 3 N–H and O–H groups in total. The number of fused-ring (bicyclic) bond motifs is 1. The summed E-state index contributed by atoms with van der Waals surface area (Å²) < 4.78 is 0. The Hall–Kier alpha value is -1.57. The van der Waals surface area contributed by atoms with E-state index in [4.69, 9.17) is 10.7 Å². The Balaban J connectivity index is 1.20. The minimum absolute atomic E-state index is 0.767. The molecule has 0 aliphatic carbocycles. The average molecular weight is 430 g/mol. The zero-order valence-corrected chi connectivity index (χ0v) is 19.4. The lowest BCUT2D eigenvalue weighted by atomic mass is 10.1. The molecule has 0 saturated carbocycles. The Morgan fingerprint density at radius 1 is 0.742 bits per heavy atom. The summed E-state index contributed by atoms with van der Waals surface area (Å²) in [7, 11) is 0. The third kappa shape index (κ3) is 6.70. The predicted octanol–water partition coefficient (Wildman–Crippen LogP) is 2.24. The van der Waals surface area contributed by atoms with Crippen molar-refractivity contribution in [3.8, 4) is 0 Å². The van der Waals surface area contributed by atoms with Gasteiger partial charge in [-0.3, -0.25) is 0 Å². The van der Waals surface area contributed by atoms with Gasteiger partial charge in [-0.1, -0.05) is 6.42 Å². The molecule has 4 heterocycles. The van der Waals surface area contributed by atoms with Gasteiger partial charge in [0.05, 0.1) is 17.6 Å². The Bertz CT molecular complexity index is 655. The van der Waals surface area contributed by atoms with Gasteiger partial charge in [0.2, 0.25) is 0 Å². The molecule has 3 aliphatic heterocycles. The molecule has 2 saturated heterocycles. The van der Waals surface area contributed by atoms with Crippen LogP contribution in [0.4, 0.5) is 17.2 Å². The second-order valence-electron chi connectivity index (χ2n) is 9.49. The van der Waals surface area contributed by atoms with Gasteiger partial charge in [-0.15, -0.1) is 0 Å². The molecule has 0 atom stereocenters. The van der Waals surface area contributed by atoms with E-state index in [0.717, 1.165) is 50.8 Å². The zero-order chi connectivity index (χ0) is 21.3. The fraction of sp³-hybridized carbons (Fsp3) is 0.792. The summed E-state index contributed by atoms with van der Waals surface area (Å²) in [6, 6.07) is 2.12. The molecule has 0 unspecified atom stereocenters. The first-order chi connectivity index (χ1) is 15.3. The van der Waals surface area contributed by atoms with Crippen LogP contribution in [0.1, 0.15) is 44.9 Å². The third-order valence-corrected chi connectivity index (χ3v) is 7.11. The van der Waals surface area contributed by atoms with Crippen molar-refractivity contribution in [1.82, 2.24) is 20.1 Å². The summed E-state index contributed by atoms with van der Waals surface area (Å²) in [5.74, 6) is 1.11. The van der Waals surface area contributed by atoms with Crippen molar-refractivity contribution in [3.63, 3.8) is 0 Å². The van der Waals surface area contributed by atoms with Crippen molar-refractivity contribution in [2.45, 2.75) is 44.9 Å². The number of nitrogens with one attached hydrogen (secondary N) is 1. The van der Waals surface area contributed by atoms with Crippen molar-refractivity contribution < 1.29 is 0 Å². The van der Waals surface area contributed by atoms with Gasteiger partial charge in [0.15, 0.2) is 5.82 Å². The smallest absolute Gasteiger partial charge is 0.152 e. The number of hydrogen-bond acceptors (Lipinski definition) is 7. The molecule has 0 spiro atoms. The molecule has 7 nitrogen and oxygen atoms in total. The highest BCUT2D eigenvalue weighted by molar-refractivity contribution is 5.72. The molecule has 0 bridgehead atoms. The highest BCUT2D eigenvalue weighted by Crippen LogP contribution is 2.32. The van der Waals surface area contributed by atoms with Crippen LogP contribution in [-0.4, -0.2) is 93.3 Å². The lowest BCUT2D eigenvalue weighted by Gasteiger charge is -2.38. The van der Waals surface area contributed by atoms with Crippen molar-refractivity contribution in [2.75, 3.05) is 94.1 Å². The molecule has 1 aromatic heterocycles. The van der Waals surface area contributed by atoms with Crippen LogP contribution in [0.3, 0.4) is 0 Å². The summed E-state index contributed by atoms with van der Waals surface area (Å²) in [6.45, 7) is 14.0. The van der Waals surface area contributed by atoms with Crippen LogP contribution in [0, 0.1) is 0 Å². The van der Waals surface area contributed by atoms with Crippen LogP contribution in [0.5, 0.6) is 0 Å². The zero-order valence-electron chi connectivity index (χ0n) is 19.4. The second kappa shape index (κ2) is 11.9. The minimum atomic E-state index is 0.767. The molecule has 31 heavy (non-hydrogen) atoms. The quantitative estimate of drug-likeness (QED) is 0.494. The van der Waals surface area contributed by atoms with Gasteiger partial charge < -0.3 is 30.7 Å². The molecule has 1 aromatic rings. The van der Waals surface area contributed by atoms with Gasteiger partial charge >= 0.3 is 0 Å². The number of rotatable bonds is 12. The highest BCUT2D eigenvalue weighted by atomic mass is 15.3. The Kier molecular flexibility index (Phi) is 8.67. The third-order valence-electron chi connectivity index (χ3n) is 7.11. The molecular formula is C24H43N7. The van der Waals surface area contributed by atoms with E-state index in [2.05, 4.69) is 31.0 Å². The highest BCUT2D eigenvalue weighted by Gasteiger charge is 2.23. The van der Waals surface area contributed by atoms with Crippen molar-refractivity contribution in [3.05, 3.63) is 12.3 Å². The van der Waals surface area contributed by atoms with Gasteiger partial charge in [0.25, 0.3) is 0 Å². The summed E-state index contributed by atoms with van der Waals surface area (Å²) >= 11 is 0. The fourth-order valence-electron chi connectivity index (χ4n) is 5.26. The molecule has 7 heteroatoms. The van der Waals surface area contributed by atoms with E-state index in [-0.39, 0.29) is 0 Å². The first-order valence-electron chi connectivity index (χ1n) is 12.7. The van der Waals surface area contributed by atoms with Crippen LogP contribution in [0.15, 0.2) is 12.3 Å².